The highest BCUT2D eigenvalue weighted by atomic mass is 32.2. The second kappa shape index (κ2) is 5.43. The molecule has 0 spiro atoms. The second-order valence-electron chi connectivity index (χ2n) is 4.46. The molecule has 1 aliphatic heterocycles. The summed E-state index contributed by atoms with van der Waals surface area (Å²) in [5.74, 6) is -0.879. The van der Waals surface area contributed by atoms with Crippen LogP contribution in [0.25, 0.3) is 0 Å². The smallest absolute Gasteiger partial charge is 0.292 e. The Morgan fingerprint density at radius 1 is 1.50 bits per heavy atom. The predicted molar refractivity (Wildman–Crippen MR) is 67.1 cm³/mol. The molecule has 0 saturated carbocycles. The Morgan fingerprint density at radius 3 is 2.80 bits per heavy atom. The molecule has 1 heterocycles. The van der Waals surface area contributed by atoms with E-state index in [0.29, 0.717) is 18.9 Å². The summed E-state index contributed by atoms with van der Waals surface area (Å²) in [4.78, 5) is 9.41. The van der Waals surface area contributed by atoms with Gasteiger partial charge in [-0.15, -0.1) is 0 Å². The van der Waals surface area contributed by atoms with Gasteiger partial charge in [0, 0.05) is 12.6 Å². The second-order valence-corrected chi connectivity index (χ2v) is 6.32. The lowest BCUT2D eigenvalue weighted by Crippen LogP contribution is -2.37. The van der Waals surface area contributed by atoms with Crippen LogP contribution in [0, 0.1) is 15.9 Å². The zero-order chi connectivity index (χ0) is 14.9. The van der Waals surface area contributed by atoms with Gasteiger partial charge in [0.05, 0.1) is 17.6 Å². The fourth-order valence-corrected chi connectivity index (χ4v) is 4.11. The van der Waals surface area contributed by atoms with Gasteiger partial charge >= 0.3 is 0 Å². The molecular weight excluding hydrogens is 291 g/mol. The largest absolute Gasteiger partial charge is 0.395 e. The molecule has 2 rings (SSSR count). The summed E-state index contributed by atoms with van der Waals surface area (Å²) in [6, 6.07) is 1.74. The summed E-state index contributed by atoms with van der Waals surface area (Å²) in [6.07, 6.45) is 1.06. The SMILES string of the molecule is O=[N+]([O-])c1cc(F)ccc1S(=O)(=O)N1CCC[C@H]1CO. The third-order valence-electron chi connectivity index (χ3n) is 3.24. The lowest BCUT2D eigenvalue weighted by Gasteiger charge is -2.22. The molecule has 1 N–H and O–H groups in total. The van der Waals surface area contributed by atoms with Gasteiger partial charge in [0.1, 0.15) is 5.82 Å². The van der Waals surface area contributed by atoms with Crippen molar-refractivity contribution in [2.45, 2.75) is 23.8 Å². The van der Waals surface area contributed by atoms with Gasteiger partial charge in [-0.05, 0) is 25.0 Å². The molecule has 0 unspecified atom stereocenters. The van der Waals surface area contributed by atoms with E-state index in [9.17, 15) is 22.9 Å². The first-order chi connectivity index (χ1) is 9.37. The fourth-order valence-electron chi connectivity index (χ4n) is 2.29. The summed E-state index contributed by atoms with van der Waals surface area (Å²) in [6.45, 7) is -0.170. The fraction of sp³-hybridized carbons (Fsp3) is 0.455. The maximum atomic E-state index is 13.1. The van der Waals surface area contributed by atoms with Crippen molar-refractivity contribution in [2.75, 3.05) is 13.2 Å². The number of aliphatic hydroxyl groups excluding tert-OH is 1. The highest BCUT2D eigenvalue weighted by Crippen LogP contribution is 2.31. The van der Waals surface area contributed by atoms with E-state index >= 15 is 0 Å². The molecule has 1 aliphatic rings. The number of sulfonamides is 1. The van der Waals surface area contributed by atoms with Gasteiger partial charge in [-0.1, -0.05) is 0 Å². The van der Waals surface area contributed by atoms with Gasteiger partial charge in [0.2, 0.25) is 10.0 Å². The summed E-state index contributed by atoms with van der Waals surface area (Å²) >= 11 is 0. The Kier molecular flexibility index (Phi) is 4.02. The van der Waals surface area contributed by atoms with E-state index in [1.807, 2.05) is 0 Å². The number of hydrogen-bond acceptors (Lipinski definition) is 5. The molecule has 7 nitrogen and oxygen atoms in total. The molecule has 0 aliphatic carbocycles. The van der Waals surface area contributed by atoms with Crippen LogP contribution in [-0.2, 0) is 10.0 Å². The van der Waals surface area contributed by atoms with Crippen molar-refractivity contribution in [3.05, 3.63) is 34.1 Å². The van der Waals surface area contributed by atoms with E-state index < -0.39 is 37.4 Å². The standard InChI is InChI=1S/C11H13FN2O5S/c12-8-3-4-11(10(6-8)14(16)17)20(18,19)13-5-1-2-9(13)7-15/h3-4,6,9,15H,1-2,5,7H2/t9-/m0/s1. The van der Waals surface area contributed by atoms with Crippen molar-refractivity contribution in [1.29, 1.82) is 0 Å². The maximum Gasteiger partial charge on any atom is 0.292 e. The van der Waals surface area contributed by atoms with Crippen LogP contribution in [0.5, 0.6) is 0 Å². The highest BCUT2D eigenvalue weighted by Gasteiger charge is 2.38. The van der Waals surface area contributed by atoms with E-state index in [1.165, 1.54) is 0 Å². The van der Waals surface area contributed by atoms with E-state index in [2.05, 4.69) is 0 Å². The molecule has 1 atom stereocenters. The molecule has 1 aromatic rings. The molecule has 1 fully saturated rings. The number of nitro groups is 1. The van der Waals surface area contributed by atoms with Gasteiger partial charge in [0.25, 0.3) is 5.69 Å². The van der Waals surface area contributed by atoms with Crippen molar-refractivity contribution < 1.29 is 22.8 Å². The number of nitrogens with zero attached hydrogens (tertiary/aromatic N) is 2. The third kappa shape index (κ3) is 2.51. The van der Waals surface area contributed by atoms with Crippen molar-refractivity contribution >= 4 is 15.7 Å². The van der Waals surface area contributed by atoms with Crippen molar-refractivity contribution in [1.82, 2.24) is 4.31 Å². The van der Waals surface area contributed by atoms with Crippen LogP contribution in [0.4, 0.5) is 10.1 Å². The molecule has 0 aromatic heterocycles. The Bertz CT molecular complexity index is 634. The molecule has 1 aromatic carbocycles. The predicted octanol–water partition coefficient (Wildman–Crippen LogP) is 0.879. The Balaban J connectivity index is 2.52. The minimum Gasteiger partial charge on any atom is -0.395 e. The topological polar surface area (TPSA) is 101 Å². The molecule has 0 bridgehead atoms. The van der Waals surface area contributed by atoms with E-state index in [-0.39, 0.29) is 13.2 Å². The number of nitro benzene ring substituents is 1. The van der Waals surface area contributed by atoms with Crippen LogP contribution in [0.3, 0.4) is 0 Å². The van der Waals surface area contributed by atoms with Gasteiger partial charge in [-0.3, -0.25) is 10.1 Å². The summed E-state index contributed by atoms with van der Waals surface area (Å²) < 4.78 is 39.0. The highest BCUT2D eigenvalue weighted by molar-refractivity contribution is 7.89. The third-order valence-corrected chi connectivity index (χ3v) is 5.24. The minimum absolute atomic E-state index is 0.183. The summed E-state index contributed by atoms with van der Waals surface area (Å²) in [5, 5.41) is 20.1. The number of benzene rings is 1. The number of rotatable bonds is 4. The minimum atomic E-state index is -4.13. The molecule has 1 saturated heterocycles. The maximum absolute atomic E-state index is 13.1. The van der Waals surface area contributed by atoms with Crippen molar-refractivity contribution in [3.63, 3.8) is 0 Å². The van der Waals surface area contributed by atoms with Crippen LogP contribution < -0.4 is 0 Å². The molecule has 0 radical (unpaired) electrons. The number of halogens is 1. The average molecular weight is 304 g/mol. The van der Waals surface area contributed by atoms with Crippen LogP contribution in [0.2, 0.25) is 0 Å². The Morgan fingerprint density at radius 2 is 2.20 bits per heavy atom. The van der Waals surface area contributed by atoms with E-state index in [1.54, 1.807) is 0 Å². The van der Waals surface area contributed by atoms with Gasteiger partial charge in [0.15, 0.2) is 4.90 Å². The van der Waals surface area contributed by atoms with Crippen LogP contribution in [0.1, 0.15) is 12.8 Å². The Hall–Kier alpha value is -1.58. The van der Waals surface area contributed by atoms with Crippen LogP contribution in [-0.4, -0.2) is 41.9 Å². The van der Waals surface area contributed by atoms with Crippen molar-refractivity contribution in [2.24, 2.45) is 0 Å². The zero-order valence-corrected chi connectivity index (χ0v) is 11.2. The van der Waals surface area contributed by atoms with Gasteiger partial charge in [-0.2, -0.15) is 4.31 Å². The van der Waals surface area contributed by atoms with E-state index in [0.717, 1.165) is 16.4 Å². The molecule has 20 heavy (non-hydrogen) atoms. The monoisotopic (exact) mass is 304 g/mol. The molecule has 110 valence electrons. The summed E-state index contributed by atoms with van der Waals surface area (Å²) in [7, 11) is -4.13. The molecule has 9 heteroatoms. The lowest BCUT2D eigenvalue weighted by atomic mass is 10.2. The van der Waals surface area contributed by atoms with Gasteiger partial charge < -0.3 is 5.11 Å². The zero-order valence-electron chi connectivity index (χ0n) is 10.4. The normalized spacial score (nSPS) is 20.2. The van der Waals surface area contributed by atoms with Gasteiger partial charge in [-0.25, -0.2) is 12.8 Å². The first-order valence-corrected chi connectivity index (χ1v) is 7.38. The van der Waals surface area contributed by atoms with Crippen molar-refractivity contribution in [3.8, 4) is 0 Å². The number of hydrogen-bond donors (Lipinski definition) is 1. The van der Waals surface area contributed by atoms with E-state index in [4.69, 9.17) is 5.11 Å². The van der Waals surface area contributed by atoms with Crippen LogP contribution >= 0.6 is 0 Å². The lowest BCUT2D eigenvalue weighted by molar-refractivity contribution is -0.388. The molecular formula is C11H13FN2O5S. The van der Waals surface area contributed by atoms with Crippen LogP contribution in [0.15, 0.2) is 23.1 Å². The Labute approximate surface area is 114 Å². The molecule has 0 amide bonds. The summed E-state index contributed by atoms with van der Waals surface area (Å²) in [5.41, 5.74) is -0.798. The number of aliphatic hydroxyl groups is 1. The first kappa shape index (κ1) is 14.8. The average Bonchev–Trinajstić information content (AvgIpc) is 2.87. The quantitative estimate of drug-likeness (QED) is 0.657. The first-order valence-electron chi connectivity index (χ1n) is 5.94.